The van der Waals surface area contributed by atoms with Gasteiger partial charge in [-0.15, -0.1) is 0 Å². The van der Waals surface area contributed by atoms with E-state index in [2.05, 4.69) is 12.0 Å². The van der Waals surface area contributed by atoms with Crippen molar-refractivity contribution in [1.82, 2.24) is 0 Å². The van der Waals surface area contributed by atoms with Crippen molar-refractivity contribution in [2.45, 2.75) is 24.3 Å². The van der Waals surface area contributed by atoms with Gasteiger partial charge in [0.15, 0.2) is 0 Å². The molecule has 2 aromatic carbocycles. The molecule has 0 fully saturated rings. The SMILES string of the molecule is CC1CC(c2ccccc2)=NN1c1ccc(S(=O)(=O)[O-])cc1.[Na+]. The Hall–Kier alpha value is -1.18. The van der Waals surface area contributed by atoms with Crippen LogP contribution < -0.4 is 34.6 Å². The van der Waals surface area contributed by atoms with Crippen LogP contribution in [-0.2, 0) is 10.1 Å². The number of hydrazone groups is 1. The fraction of sp³-hybridized carbons (Fsp3) is 0.188. The number of nitrogens with zero attached hydrogens (tertiary/aromatic N) is 2. The fourth-order valence-corrected chi connectivity index (χ4v) is 2.99. The van der Waals surface area contributed by atoms with Crippen LogP contribution in [0.5, 0.6) is 0 Å². The second-order valence-corrected chi connectivity index (χ2v) is 6.64. The summed E-state index contributed by atoms with van der Waals surface area (Å²) in [6.07, 6.45) is 0.811. The average molecular weight is 338 g/mol. The molecule has 0 bridgehead atoms. The van der Waals surface area contributed by atoms with Gasteiger partial charge in [0, 0.05) is 6.42 Å². The van der Waals surface area contributed by atoms with Gasteiger partial charge >= 0.3 is 29.6 Å². The Morgan fingerprint density at radius 3 is 2.26 bits per heavy atom. The van der Waals surface area contributed by atoms with Crippen LogP contribution in [0.4, 0.5) is 5.69 Å². The van der Waals surface area contributed by atoms with Crippen LogP contribution in [0.25, 0.3) is 0 Å². The Kier molecular flexibility index (Phi) is 5.65. The number of hydrogen-bond acceptors (Lipinski definition) is 5. The molecule has 1 atom stereocenters. The van der Waals surface area contributed by atoms with Crippen LogP contribution in [0.2, 0.25) is 0 Å². The Morgan fingerprint density at radius 2 is 1.70 bits per heavy atom. The normalized spacial score (nSPS) is 17.6. The molecular weight excluding hydrogens is 323 g/mol. The predicted molar refractivity (Wildman–Crippen MR) is 83.9 cm³/mol. The fourth-order valence-electron chi connectivity index (χ4n) is 2.52. The van der Waals surface area contributed by atoms with E-state index in [4.69, 9.17) is 0 Å². The monoisotopic (exact) mass is 338 g/mol. The molecule has 1 aliphatic rings. The van der Waals surface area contributed by atoms with Crippen LogP contribution in [-0.4, -0.2) is 24.7 Å². The van der Waals surface area contributed by atoms with E-state index in [1.807, 2.05) is 35.3 Å². The van der Waals surface area contributed by atoms with Crippen molar-refractivity contribution < 1.29 is 42.5 Å². The third-order valence-electron chi connectivity index (χ3n) is 3.63. The van der Waals surface area contributed by atoms with E-state index in [9.17, 15) is 13.0 Å². The molecule has 0 saturated carbocycles. The van der Waals surface area contributed by atoms with E-state index in [0.717, 1.165) is 23.4 Å². The topological polar surface area (TPSA) is 72.8 Å². The summed E-state index contributed by atoms with van der Waals surface area (Å²) < 4.78 is 32.9. The minimum Gasteiger partial charge on any atom is -0.744 e. The van der Waals surface area contributed by atoms with Crippen molar-refractivity contribution in [1.29, 1.82) is 0 Å². The van der Waals surface area contributed by atoms with Gasteiger partial charge in [0.05, 0.1) is 22.3 Å². The van der Waals surface area contributed by atoms with Gasteiger partial charge in [-0.2, -0.15) is 5.10 Å². The summed E-state index contributed by atoms with van der Waals surface area (Å²) in [6.45, 7) is 2.05. The number of anilines is 1. The summed E-state index contributed by atoms with van der Waals surface area (Å²) in [5.74, 6) is 0. The first-order chi connectivity index (χ1) is 10.4. The van der Waals surface area contributed by atoms with Gasteiger partial charge in [0.25, 0.3) is 0 Å². The molecule has 7 heteroatoms. The first-order valence-electron chi connectivity index (χ1n) is 6.93. The zero-order chi connectivity index (χ0) is 15.7. The Balaban J connectivity index is 0.00000192. The molecule has 0 saturated heterocycles. The van der Waals surface area contributed by atoms with E-state index in [1.54, 1.807) is 12.1 Å². The predicted octanol–water partition coefficient (Wildman–Crippen LogP) is -0.402. The summed E-state index contributed by atoms with van der Waals surface area (Å²) in [7, 11) is -4.41. The molecule has 2 aromatic rings. The second-order valence-electron chi connectivity index (χ2n) is 5.26. The maximum Gasteiger partial charge on any atom is 1.00 e. The third kappa shape index (κ3) is 4.02. The maximum absolute atomic E-state index is 11.0. The molecule has 0 radical (unpaired) electrons. The maximum atomic E-state index is 11.0. The Morgan fingerprint density at radius 1 is 1.09 bits per heavy atom. The van der Waals surface area contributed by atoms with E-state index < -0.39 is 10.1 Å². The van der Waals surface area contributed by atoms with Gasteiger partial charge in [-0.1, -0.05) is 30.3 Å². The first-order valence-corrected chi connectivity index (χ1v) is 8.34. The van der Waals surface area contributed by atoms with Crippen LogP contribution in [0.3, 0.4) is 0 Å². The van der Waals surface area contributed by atoms with Crippen LogP contribution in [0.15, 0.2) is 64.6 Å². The van der Waals surface area contributed by atoms with E-state index in [1.165, 1.54) is 12.1 Å². The molecule has 1 unspecified atom stereocenters. The van der Waals surface area contributed by atoms with E-state index in [-0.39, 0.29) is 40.5 Å². The third-order valence-corrected chi connectivity index (χ3v) is 4.48. The molecule has 114 valence electrons. The molecule has 23 heavy (non-hydrogen) atoms. The molecule has 0 amide bonds. The summed E-state index contributed by atoms with van der Waals surface area (Å²) in [4.78, 5) is -0.227. The second kappa shape index (κ2) is 7.15. The molecule has 0 aromatic heterocycles. The summed E-state index contributed by atoms with van der Waals surface area (Å²) in [6, 6.07) is 16.0. The van der Waals surface area contributed by atoms with E-state index >= 15 is 0 Å². The average Bonchev–Trinajstić information content (AvgIpc) is 2.89. The summed E-state index contributed by atoms with van der Waals surface area (Å²) >= 11 is 0. The van der Waals surface area contributed by atoms with Gasteiger partial charge in [0.1, 0.15) is 10.1 Å². The largest absolute Gasteiger partial charge is 1.00 e. The van der Waals surface area contributed by atoms with E-state index in [0.29, 0.717) is 0 Å². The smallest absolute Gasteiger partial charge is 0.744 e. The quantitative estimate of drug-likeness (QED) is 0.564. The van der Waals surface area contributed by atoms with Crippen molar-refractivity contribution in [3.63, 3.8) is 0 Å². The molecular formula is C16H15N2NaO3S. The minimum absolute atomic E-state index is 0. The zero-order valence-corrected chi connectivity index (χ0v) is 15.8. The Bertz CT molecular complexity index is 805. The number of rotatable bonds is 3. The van der Waals surface area contributed by atoms with Gasteiger partial charge in [-0.3, -0.25) is 5.01 Å². The van der Waals surface area contributed by atoms with Crippen LogP contribution in [0, 0.1) is 0 Å². The van der Waals surface area contributed by atoms with Crippen molar-refractivity contribution in [2.75, 3.05) is 5.01 Å². The summed E-state index contributed by atoms with van der Waals surface area (Å²) in [5.41, 5.74) is 2.84. The summed E-state index contributed by atoms with van der Waals surface area (Å²) in [5, 5.41) is 6.47. The van der Waals surface area contributed by atoms with Gasteiger partial charge in [-0.25, -0.2) is 8.42 Å². The Labute approximate surface area is 158 Å². The molecule has 0 N–H and O–H groups in total. The van der Waals surface area contributed by atoms with Crippen molar-refractivity contribution in [3.05, 3.63) is 60.2 Å². The molecule has 5 nitrogen and oxygen atoms in total. The molecule has 0 spiro atoms. The number of hydrogen-bond donors (Lipinski definition) is 0. The standard InChI is InChI=1S/C16H16N2O3S.Na/c1-12-11-16(13-5-3-2-4-6-13)17-18(12)14-7-9-15(10-8-14)22(19,20)21;/h2-10,12H,11H2,1H3,(H,19,20,21);/q;+1/p-1. The molecule has 0 aliphatic carbocycles. The first kappa shape index (κ1) is 18.2. The molecule has 1 aliphatic heterocycles. The molecule has 3 rings (SSSR count). The minimum atomic E-state index is -4.41. The van der Waals surface area contributed by atoms with Crippen molar-refractivity contribution >= 4 is 21.5 Å². The van der Waals surface area contributed by atoms with Crippen LogP contribution in [0.1, 0.15) is 18.9 Å². The van der Waals surface area contributed by atoms with Crippen molar-refractivity contribution in [2.24, 2.45) is 5.10 Å². The van der Waals surface area contributed by atoms with Gasteiger partial charge < -0.3 is 4.55 Å². The number of benzene rings is 2. The van der Waals surface area contributed by atoms with Gasteiger partial charge in [-0.05, 0) is 36.8 Å². The zero-order valence-electron chi connectivity index (χ0n) is 13.0. The van der Waals surface area contributed by atoms with Crippen molar-refractivity contribution in [3.8, 4) is 0 Å². The molecule has 1 heterocycles. The van der Waals surface area contributed by atoms with Crippen LogP contribution >= 0.6 is 0 Å². The van der Waals surface area contributed by atoms with Gasteiger partial charge in [0.2, 0.25) is 0 Å².